The maximum absolute atomic E-state index is 12.2. The third-order valence-electron chi connectivity index (χ3n) is 3.76. The molecule has 116 valence electrons. The first-order valence-electron chi connectivity index (χ1n) is 7.91. The molecule has 1 aromatic carbocycles. The van der Waals surface area contributed by atoms with Gasteiger partial charge in [-0.3, -0.25) is 4.79 Å². The summed E-state index contributed by atoms with van der Waals surface area (Å²) in [5.74, 6) is 0.784. The number of carbonyl (C=O) groups is 1. The molecule has 4 nitrogen and oxygen atoms in total. The number of carbonyl (C=O) groups excluding carboxylic acids is 1. The van der Waals surface area contributed by atoms with Gasteiger partial charge in [0.15, 0.2) is 0 Å². The van der Waals surface area contributed by atoms with E-state index < -0.39 is 0 Å². The van der Waals surface area contributed by atoms with Crippen LogP contribution in [0.2, 0.25) is 0 Å². The van der Waals surface area contributed by atoms with Crippen LogP contribution in [-0.4, -0.2) is 31.8 Å². The largest absolute Gasteiger partial charge is 0.491 e. The number of amides is 1. The molecule has 0 bridgehead atoms. The third-order valence-corrected chi connectivity index (χ3v) is 3.76. The van der Waals surface area contributed by atoms with E-state index in [2.05, 4.69) is 5.32 Å². The Balaban J connectivity index is 1.78. The molecule has 0 aromatic heterocycles. The minimum atomic E-state index is 0.0165. The average Bonchev–Trinajstić information content (AvgIpc) is 2.53. The quantitative estimate of drug-likeness (QED) is 0.785. The van der Waals surface area contributed by atoms with E-state index in [9.17, 15) is 4.79 Å². The maximum Gasteiger partial charge on any atom is 0.251 e. The van der Waals surface area contributed by atoms with Crippen LogP contribution in [-0.2, 0) is 4.74 Å². The van der Waals surface area contributed by atoms with Gasteiger partial charge in [-0.25, -0.2) is 0 Å². The zero-order valence-electron chi connectivity index (χ0n) is 12.8. The van der Waals surface area contributed by atoms with Crippen molar-refractivity contribution in [1.82, 2.24) is 5.32 Å². The highest BCUT2D eigenvalue weighted by Gasteiger charge is 2.16. The van der Waals surface area contributed by atoms with Crippen LogP contribution in [0, 0.1) is 0 Å². The summed E-state index contributed by atoms with van der Waals surface area (Å²) in [4.78, 5) is 12.2. The second-order valence-electron chi connectivity index (χ2n) is 5.38. The average molecular weight is 291 g/mol. The lowest BCUT2D eigenvalue weighted by molar-refractivity contribution is 0.0927. The van der Waals surface area contributed by atoms with Gasteiger partial charge in [-0.2, -0.15) is 0 Å². The summed E-state index contributed by atoms with van der Waals surface area (Å²) in [5.41, 5.74) is 0.692. The van der Waals surface area contributed by atoms with Gasteiger partial charge in [0.05, 0.1) is 6.61 Å². The van der Waals surface area contributed by atoms with Crippen molar-refractivity contribution in [2.24, 2.45) is 0 Å². The molecule has 1 aromatic rings. The number of rotatable bonds is 7. The zero-order chi connectivity index (χ0) is 14.9. The van der Waals surface area contributed by atoms with Crippen molar-refractivity contribution < 1.29 is 14.3 Å². The number of hydrogen-bond donors (Lipinski definition) is 1. The molecule has 0 unspecified atom stereocenters. The summed E-state index contributed by atoms with van der Waals surface area (Å²) in [5, 5.41) is 3.11. The molecule has 1 saturated carbocycles. The molecule has 0 saturated heterocycles. The highest BCUT2D eigenvalue weighted by Crippen LogP contribution is 2.18. The molecular formula is C17H25NO3. The van der Waals surface area contributed by atoms with Gasteiger partial charge in [0.25, 0.3) is 5.91 Å². The minimum Gasteiger partial charge on any atom is -0.491 e. The van der Waals surface area contributed by atoms with E-state index in [1.807, 2.05) is 31.2 Å². The predicted octanol–water partition coefficient (Wildman–Crippen LogP) is 3.16. The van der Waals surface area contributed by atoms with Crippen molar-refractivity contribution in [3.05, 3.63) is 29.8 Å². The Hall–Kier alpha value is -1.55. The van der Waals surface area contributed by atoms with Crippen molar-refractivity contribution in [3.8, 4) is 5.75 Å². The van der Waals surface area contributed by atoms with Crippen LogP contribution in [0.3, 0.4) is 0 Å². The summed E-state index contributed by atoms with van der Waals surface area (Å²) in [6.07, 6.45) is 5.93. The molecule has 1 fully saturated rings. The Morgan fingerprint density at radius 3 is 2.52 bits per heavy atom. The van der Waals surface area contributed by atoms with Crippen LogP contribution in [0.1, 0.15) is 49.4 Å². The third kappa shape index (κ3) is 5.38. The molecule has 21 heavy (non-hydrogen) atoms. The van der Waals surface area contributed by atoms with E-state index in [4.69, 9.17) is 9.47 Å². The van der Waals surface area contributed by atoms with Crippen LogP contribution < -0.4 is 10.1 Å². The van der Waals surface area contributed by atoms with Crippen LogP contribution in [0.25, 0.3) is 0 Å². The topological polar surface area (TPSA) is 47.6 Å². The Kier molecular flexibility index (Phi) is 6.54. The predicted molar refractivity (Wildman–Crippen MR) is 82.8 cm³/mol. The fourth-order valence-electron chi connectivity index (χ4n) is 2.58. The highest BCUT2D eigenvalue weighted by molar-refractivity contribution is 5.94. The molecule has 0 aliphatic heterocycles. The molecule has 1 aliphatic carbocycles. The molecule has 2 rings (SSSR count). The lowest BCUT2D eigenvalue weighted by atomic mass is 9.95. The van der Waals surface area contributed by atoms with Gasteiger partial charge in [-0.05, 0) is 44.0 Å². The molecule has 1 N–H and O–H groups in total. The molecule has 0 heterocycles. The molecule has 0 atom stereocenters. The van der Waals surface area contributed by atoms with Crippen molar-refractivity contribution in [2.45, 2.75) is 45.1 Å². The van der Waals surface area contributed by atoms with Gasteiger partial charge in [0.2, 0.25) is 0 Å². The van der Waals surface area contributed by atoms with Gasteiger partial charge in [-0.15, -0.1) is 0 Å². The van der Waals surface area contributed by atoms with Gasteiger partial charge < -0.3 is 14.8 Å². The first-order chi connectivity index (χ1) is 10.3. The van der Waals surface area contributed by atoms with Gasteiger partial charge in [0.1, 0.15) is 12.4 Å². The van der Waals surface area contributed by atoms with Crippen molar-refractivity contribution in [2.75, 3.05) is 19.8 Å². The Morgan fingerprint density at radius 1 is 1.14 bits per heavy atom. The normalized spacial score (nSPS) is 15.7. The first-order valence-corrected chi connectivity index (χ1v) is 7.91. The maximum atomic E-state index is 12.2. The van der Waals surface area contributed by atoms with Crippen LogP contribution in [0.4, 0.5) is 0 Å². The van der Waals surface area contributed by atoms with E-state index in [-0.39, 0.29) is 5.91 Å². The fourth-order valence-corrected chi connectivity index (χ4v) is 2.58. The van der Waals surface area contributed by atoms with Crippen molar-refractivity contribution in [3.63, 3.8) is 0 Å². The van der Waals surface area contributed by atoms with E-state index in [0.29, 0.717) is 31.4 Å². The van der Waals surface area contributed by atoms with E-state index in [1.54, 1.807) is 0 Å². The minimum absolute atomic E-state index is 0.0165. The summed E-state index contributed by atoms with van der Waals surface area (Å²) in [6, 6.07) is 7.64. The van der Waals surface area contributed by atoms with Gasteiger partial charge in [-0.1, -0.05) is 19.3 Å². The Labute approximate surface area is 126 Å². The Bertz CT molecular complexity index is 424. The Morgan fingerprint density at radius 2 is 1.86 bits per heavy atom. The smallest absolute Gasteiger partial charge is 0.251 e. The SMILES string of the molecule is CCOCCOc1ccc(C(=O)NC2CCCCC2)cc1. The molecule has 0 spiro atoms. The fraction of sp³-hybridized carbons (Fsp3) is 0.588. The summed E-state index contributed by atoms with van der Waals surface area (Å²) in [7, 11) is 0. The lowest BCUT2D eigenvalue weighted by Crippen LogP contribution is -2.36. The van der Waals surface area contributed by atoms with Crippen LogP contribution in [0.15, 0.2) is 24.3 Å². The van der Waals surface area contributed by atoms with Crippen molar-refractivity contribution in [1.29, 1.82) is 0 Å². The second-order valence-corrected chi connectivity index (χ2v) is 5.38. The van der Waals surface area contributed by atoms with Crippen molar-refractivity contribution >= 4 is 5.91 Å². The second kappa shape index (κ2) is 8.67. The number of benzene rings is 1. The van der Waals surface area contributed by atoms with Gasteiger partial charge >= 0.3 is 0 Å². The van der Waals surface area contributed by atoms with E-state index in [1.165, 1.54) is 19.3 Å². The monoisotopic (exact) mass is 291 g/mol. The summed E-state index contributed by atoms with van der Waals surface area (Å²) >= 11 is 0. The number of hydrogen-bond acceptors (Lipinski definition) is 3. The molecule has 4 heteroatoms. The number of ether oxygens (including phenoxy) is 2. The van der Waals surface area contributed by atoms with Crippen LogP contribution in [0.5, 0.6) is 5.75 Å². The first kappa shape index (κ1) is 15.8. The van der Waals surface area contributed by atoms with Crippen LogP contribution >= 0.6 is 0 Å². The van der Waals surface area contributed by atoms with E-state index >= 15 is 0 Å². The molecule has 1 aliphatic rings. The number of nitrogens with one attached hydrogen (secondary N) is 1. The summed E-state index contributed by atoms with van der Waals surface area (Å²) < 4.78 is 10.7. The molecular weight excluding hydrogens is 266 g/mol. The molecule has 0 radical (unpaired) electrons. The standard InChI is InChI=1S/C17H25NO3/c1-2-20-12-13-21-16-10-8-14(9-11-16)17(19)18-15-6-4-3-5-7-15/h8-11,15H,2-7,12-13H2,1H3,(H,18,19). The highest BCUT2D eigenvalue weighted by atomic mass is 16.5. The molecule has 1 amide bonds. The van der Waals surface area contributed by atoms with Gasteiger partial charge in [0, 0.05) is 18.2 Å². The summed E-state index contributed by atoms with van der Waals surface area (Å²) in [6.45, 7) is 3.77. The lowest BCUT2D eigenvalue weighted by Gasteiger charge is -2.22. The zero-order valence-corrected chi connectivity index (χ0v) is 12.8. The van der Waals surface area contributed by atoms with E-state index in [0.717, 1.165) is 18.6 Å².